The molecule has 0 aliphatic carbocycles. The Labute approximate surface area is 161 Å². The summed E-state index contributed by atoms with van der Waals surface area (Å²) in [5.41, 5.74) is 1.24. The summed E-state index contributed by atoms with van der Waals surface area (Å²) < 4.78 is 0. The molecule has 0 aromatic heterocycles. The number of carbonyl (C=O) groups is 2. The first kappa shape index (κ1) is 19.0. The third-order valence-electron chi connectivity index (χ3n) is 4.34. The smallest absolute Gasteiger partial charge is 0.274 e. The van der Waals surface area contributed by atoms with Gasteiger partial charge in [0, 0.05) is 18.2 Å². The lowest BCUT2D eigenvalue weighted by Gasteiger charge is -2.09. The van der Waals surface area contributed by atoms with E-state index < -0.39 is 10.8 Å². The minimum Gasteiger partial charge on any atom is -0.350 e. The monoisotopic (exact) mass is 377 g/mol. The Morgan fingerprint density at radius 3 is 2.32 bits per heavy atom. The highest BCUT2D eigenvalue weighted by Crippen LogP contribution is 2.19. The van der Waals surface area contributed by atoms with Crippen LogP contribution in [0.2, 0.25) is 0 Å². The van der Waals surface area contributed by atoms with Crippen LogP contribution in [-0.4, -0.2) is 23.3 Å². The molecular weight excluding hydrogens is 358 g/mol. The molecule has 0 unspecified atom stereocenters. The molecule has 0 atom stereocenters. The van der Waals surface area contributed by atoms with Crippen molar-refractivity contribution in [1.29, 1.82) is 0 Å². The fraction of sp³-hybridized carbons (Fsp3) is 0.143. The Morgan fingerprint density at radius 1 is 0.821 bits per heavy atom. The number of hydrogen-bond acceptors (Lipinski definition) is 4. The maximum absolute atomic E-state index is 12.2. The molecular formula is C21H19N3O4. The molecule has 142 valence electrons. The molecule has 0 saturated carbocycles. The van der Waals surface area contributed by atoms with E-state index in [2.05, 4.69) is 10.6 Å². The predicted octanol–water partition coefficient (Wildman–Crippen LogP) is 2.72. The second kappa shape index (κ2) is 8.77. The van der Waals surface area contributed by atoms with Crippen molar-refractivity contribution in [3.8, 4) is 0 Å². The predicted molar refractivity (Wildman–Crippen MR) is 106 cm³/mol. The molecule has 3 aromatic carbocycles. The van der Waals surface area contributed by atoms with Gasteiger partial charge in [0.25, 0.3) is 5.69 Å². The number of rotatable bonds is 7. The zero-order valence-electron chi connectivity index (χ0n) is 15.1. The highest BCUT2D eigenvalue weighted by Gasteiger charge is 2.13. The minimum absolute atomic E-state index is 0.0230. The van der Waals surface area contributed by atoms with Crippen LogP contribution in [0.5, 0.6) is 0 Å². The largest absolute Gasteiger partial charge is 0.350 e. The van der Waals surface area contributed by atoms with Gasteiger partial charge in [0.1, 0.15) is 0 Å². The van der Waals surface area contributed by atoms with Crippen LogP contribution in [0, 0.1) is 10.1 Å². The van der Waals surface area contributed by atoms with Gasteiger partial charge in [-0.1, -0.05) is 60.7 Å². The zero-order chi connectivity index (χ0) is 19.9. The number of nitrogens with one attached hydrogen (secondary N) is 2. The van der Waals surface area contributed by atoms with Crippen LogP contribution in [0.3, 0.4) is 0 Å². The number of benzene rings is 3. The molecule has 3 rings (SSSR count). The van der Waals surface area contributed by atoms with Crippen LogP contribution in [0.4, 0.5) is 5.69 Å². The molecule has 2 N–H and O–H groups in total. The lowest BCUT2D eigenvalue weighted by molar-refractivity contribution is -0.385. The fourth-order valence-electron chi connectivity index (χ4n) is 2.96. The van der Waals surface area contributed by atoms with Crippen LogP contribution < -0.4 is 10.6 Å². The minimum atomic E-state index is -0.493. The second-order valence-corrected chi connectivity index (χ2v) is 6.25. The highest BCUT2D eigenvalue weighted by molar-refractivity contribution is 5.91. The molecule has 0 spiro atoms. The molecule has 0 heterocycles. The molecule has 28 heavy (non-hydrogen) atoms. The molecule has 0 saturated heterocycles. The lowest BCUT2D eigenvalue weighted by Crippen LogP contribution is -2.37. The number of fused-ring (bicyclic) bond motifs is 1. The summed E-state index contributed by atoms with van der Waals surface area (Å²) in [6.07, 6.45) is 0.165. The van der Waals surface area contributed by atoms with Gasteiger partial charge in [0.05, 0.1) is 17.9 Å². The van der Waals surface area contributed by atoms with Gasteiger partial charge in [-0.3, -0.25) is 19.7 Å². The summed E-state index contributed by atoms with van der Waals surface area (Å²) in [6.45, 7) is -0.167. The van der Waals surface area contributed by atoms with Gasteiger partial charge in [0.15, 0.2) is 0 Å². The van der Waals surface area contributed by atoms with Gasteiger partial charge in [-0.25, -0.2) is 0 Å². The Hall–Kier alpha value is -3.74. The van der Waals surface area contributed by atoms with Gasteiger partial charge < -0.3 is 10.6 Å². The Kier molecular flexibility index (Phi) is 5.96. The van der Waals surface area contributed by atoms with Gasteiger partial charge in [-0.2, -0.15) is 0 Å². The van der Waals surface area contributed by atoms with Crippen LogP contribution in [-0.2, 0) is 22.6 Å². The number of nitrogens with zero attached hydrogens (tertiary/aromatic N) is 1. The summed E-state index contributed by atoms with van der Waals surface area (Å²) in [6, 6.07) is 19.7. The van der Waals surface area contributed by atoms with Gasteiger partial charge >= 0.3 is 0 Å². The summed E-state index contributed by atoms with van der Waals surface area (Å²) in [5, 5.41) is 18.2. The first-order valence-electron chi connectivity index (χ1n) is 8.77. The van der Waals surface area contributed by atoms with E-state index in [0.717, 1.165) is 16.3 Å². The van der Waals surface area contributed by atoms with Crippen molar-refractivity contribution in [2.45, 2.75) is 13.0 Å². The van der Waals surface area contributed by atoms with Gasteiger partial charge in [-0.05, 0) is 16.3 Å². The van der Waals surface area contributed by atoms with Crippen molar-refractivity contribution in [2.75, 3.05) is 6.54 Å². The van der Waals surface area contributed by atoms with E-state index in [0.29, 0.717) is 5.56 Å². The van der Waals surface area contributed by atoms with E-state index in [1.165, 1.54) is 6.07 Å². The van der Waals surface area contributed by atoms with Crippen LogP contribution in [0.1, 0.15) is 11.1 Å². The van der Waals surface area contributed by atoms with E-state index in [1.54, 1.807) is 18.2 Å². The zero-order valence-corrected chi connectivity index (χ0v) is 15.1. The summed E-state index contributed by atoms with van der Waals surface area (Å²) in [7, 11) is 0. The number of nitro benzene ring substituents is 1. The molecule has 7 nitrogen and oxygen atoms in total. The molecule has 0 radical (unpaired) electrons. The molecule has 0 aliphatic rings. The van der Waals surface area contributed by atoms with Crippen molar-refractivity contribution in [1.82, 2.24) is 10.6 Å². The SMILES string of the molecule is O=C(CNC(=O)Cc1cccc2ccccc12)NCc1ccccc1[N+](=O)[O-]. The summed E-state index contributed by atoms with van der Waals surface area (Å²) in [4.78, 5) is 34.7. The third kappa shape index (κ3) is 4.70. The van der Waals surface area contributed by atoms with Crippen LogP contribution in [0.25, 0.3) is 10.8 Å². The number of nitro groups is 1. The first-order chi connectivity index (χ1) is 13.5. The lowest BCUT2D eigenvalue weighted by atomic mass is 10.0. The Morgan fingerprint density at radius 2 is 1.50 bits per heavy atom. The number of amides is 2. The summed E-state index contributed by atoms with van der Waals surface area (Å²) in [5.74, 6) is -0.679. The number of para-hydroxylation sites is 1. The Bertz CT molecular complexity index is 1030. The van der Waals surface area contributed by atoms with E-state index >= 15 is 0 Å². The molecule has 7 heteroatoms. The third-order valence-corrected chi connectivity index (χ3v) is 4.34. The summed E-state index contributed by atoms with van der Waals surface area (Å²) >= 11 is 0. The quantitative estimate of drug-likeness (QED) is 0.488. The van der Waals surface area contributed by atoms with Gasteiger partial charge in [-0.15, -0.1) is 0 Å². The highest BCUT2D eigenvalue weighted by atomic mass is 16.6. The normalized spacial score (nSPS) is 10.4. The van der Waals surface area contributed by atoms with Crippen molar-refractivity contribution in [2.24, 2.45) is 0 Å². The maximum Gasteiger partial charge on any atom is 0.274 e. The van der Waals surface area contributed by atoms with E-state index in [-0.39, 0.29) is 31.1 Å². The van der Waals surface area contributed by atoms with Crippen molar-refractivity contribution in [3.05, 3.63) is 88.0 Å². The molecule has 2 amide bonds. The topological polar surface area (TPSA) is 101 Å². The Balaban J connectivity index is 1.52. The molecule has 0 aliphatic heterocycles. The van der Waals surface area contributed by atoms with E-state index in [9.17, 15) is 19.7 Å². The molecule has 3 aromatic rings. The standard InChI is InChI=1S/C21H19N3O4/c25-20(12-16-9-5-8-15-6-1-3-10-18(15)16)23-14-21(26)22-13-17-7-2-4-11-19(17)24(27)28/h1-11H,12-14H2,(H,22,26)(H,23,25). The average Bonchev–Trinajstić information content (AvgIpc) is 2.71. The number of carbonyl (C=O) groups excluding carboxylic acids is 2. The van der Waals surface area contributed by atoms with E-state index in [1.807, 2.05) is 42.5 Å². The second-order valence-electron chi connectivity index (χ2n) is 6.25. The van der Waals surface area contributed by atoms with Crippen molar-refractivity contribution >= 4 is 28.3 Å². The fourth-order valence-corrected chi connectivity index (χ4v) is 2.96. The maximum atomic E-state index is 12.2. The first-order valence-corrected chi connectivity index (χ1v) is 8.77. The van der Waals surface area contributed by atoms with Crippen LogP contribution in [0.15, 0.2) is 66.7 Å². The molecule has 0 fully saturated rings. The average molecular weight is 377 g/mol. The van der Waals surface area contributed by atoms with Crippen molar-refractivity contribution in [3.63, 3.8) is 0 Å². The number of hydrogen-bond donors (Lipinski definition) is 2. The molecule has 0 bridgehead atoms. The van der Waals surface area contributed by atoms with Gasteiger partial charge in [0.2, 0.25) is 11.8 Å². The van der Waals surface area contributed by atoms with Crippen LogP contribution >= 0.6 is 0 Å². The van der Waals surface area contributed by atoms with Crippen molar-refractivity contribution < 1.29 is 14.5 Å². The van der Waals surface area contributed by atoms with E-state index in [4.69, 9.17) is 0 Å².